The fourth-order valence-corrected chi connectivity index (χ4v) is 2.18. The minimum absolute atomic E-state index is 0.0159. The molecule has 0 aliphatic heterocycles. The lowest BCUT2D eigenvalue weighted by Gasteiger charge is -2.18. The van der Waals surface area contributed by atoms with E-state index >= 15 is 0 Å². The molecule has 0 saturated heterocycles. The number of rotatable bonds is 8. The highest BCUT2D eigenvalue weighted by Crippen LogP contribution is 2.19. The van der Waals surface area contributed by atoms with Crippen molar-refractivity contribution in [2.75, 3.05) is 6.61 Å². The fraction of sp³-hybridized carbons (Fsp3) is 0.500. The number of hydrogen-bond acceptors (Lipinski definition) is 4. The van der Waals surface area contributed by atoms with Crippen LogP contribution < -0.4 is 10.3 Å². The van der Waals surface area contributed by atoms with Crippen LogP contribution in [0.5, 0.6) is 0 Å². The van der Waals surface area contributed by atoms with Crippen LogP contribution in [0.15, 0.2) is 24.5 Å². The van der Waals surface area contributed by atoms with Crippen LogP contribution in [0.3, 0.4) is 0 Å². The topological polar surface area (TPSA) is 114 Å². The zero-order chi connectivity index (χ0) is 15.1. The van der Waals surface area contributed by atoms with Crippen LogP contribution in [0.2, 0.25) is 0 Å². The Morgan fingerprint density at radius 3 is 2.85 bits per heavy atom. The molecule has 112 valence electrons. The molecule has 3 unspecified atom stereocenters. The first-order valence-electron chi connectivity index (χ1n) is 6.26. The van der Waals surface area contributed by atoms with Gasteiger partial charge in [0.1, 0.15) is 11.7 Å². The Bertz CT molecular complexity index is 483. The largest absolute Gasteiger partial charge is 0.386 e. The maximum absolute atomic E-state index is 11.1. The van der Waals surface area contributed by atoms with Crippen LogP contribution >= 0.6 is 8.25 Å². The first-order chi connectivity index (χ1) is 9.43. The molecule has 1 aromatic rings. The summed E-state index contributed by atoms with van der Waals surface area (Å²) in [5, 5.41) is 10.1. The monoisotopic (exact) mass is 303 g/mol. The van der Waals surface area contributed by atoms with Crippen LogP contribution in [-0.2, 0) is 15.6 Å². The van der Waals surface area contributed by atoms with Crippen molar-refractivity contribution >= 4 is 14.2 Å². The quantitative estimate of drug-likeness (QED) is 0.457. The standard InChI is InChI=1S/C12H19N2O5P/c1-2-9(8-19-20(17)18)11(15)7-14-5-3-4-10(6-14)12(13)16/h3-6,9,11,15,20H,2,7-8H2,1H3,(H2-,13,16,17,18)/p+1. The van der Waals surface area contributed by atoms with E-state index in [-0.39, 0.29) is 19.1 Å². The maximum atomic E-state index is 11.1. The number of hydrogen-bond donors (Lipinski definition) is 3. The van der Waals surface area contributed by atoms with E-state index in [0.717, 1.165) is 0 Å². The van der Waals surface area contributed by atoms with Gasteiger partial charge in [-0.2, -0.15) is 0 Å². The third-order valence-electron chi connectivity index (χ3n) is 3.03. The summed E-state index contributed by atoms with van der Waals surface area (Å²) in [6.07, 6.45) is 3.10. The number of nitrogens with two attached hydrogens (primary N) is 1. The summed E-state index contributed by atoms with van der Waals surface area (Å²) in [7, 11) is -2.99. The number of aliphatic hydroxyl groups excluding tert-OH is 1. The Hall–Kier alpha value is -1.27. The molecule has 3 atom stereocenters. The first kappa shape index (κ1) is 16.8. The smallest absolute Gasteiger partial charge is 0.316 e. The van der Waals surface area contributed by atoms with Crippen LogP contribution in [0.4, 0.5) is 0 Å². The Balaban J connectivity index is 2.67. The van der Waals surface area contributed by atoms with Gasteiger partial charge in [-0.25, -0.2) is 4.57 Å². The van der Waals surface area contributed by atoms with E-state index in [1.165, 1.54) is 0 Å². The van der Waals surface area contributed by atoms with E-state index in [2.05, 4.69) is 4.52 Å². The number of carbonyl (C=O) groups excluding carboxylic acids is 1. The molecule has 0 fully saturated rings. The lowest BCUT2D eigenvalue weighted by Crippen LogP contribution is -2.43. The zero-order valence-corrected chi connectivity index (χ0v) is 12.2. The normalized spacial score (nSPS) is 15.6. The predicted octanol–water partition coefficient (Wildman–Crippen LogP) is -0.141. The van der Waals surface area contributed by atoms with Crippen LogP contribution in [0.1, 0.15) is 23.7 Å². The summed E-state index contributed by atoms with van der Waals surface area (Å²) in [5.74, 6) is -0.802. The lowest BCUT2D eigenvalue weighted by molar-refractivity contribution is -0.704. The van der Waals surface area contributed by atoms with Crippen molar-refractivity contribution in [3.63, 3.8) is 0 Å². The molecule has 1 amide bonds. The molecule has 0 aliphatic carbocycles. The number of carbonyl (C=O) groups is 1. The molecule has 0 bridgehead atoms. The minimum Gasteiger partial charge on any atom is -0.386 e. The molecule has 0 spiro atoms. The average molecular weight is 303 g/mol. The SMILES string of the molecule is CCC(CO[PH](=O)O)C(O)C[n+]1cccc(C(N)=O)c1. The number of primary amides is 1. The van der Waals surface area contributed by atoms with Crippen LogP contribution in [0, 0.1) is 5.92 Å². The van der Waals surface area contributed by atoms with Gasteiger partial charge in [-0.15, -0.1) is 0 Å². The molecular formula is C12H20N2O5P+. The third-order valence-corrected chi connectivity index (χ3v) is 3.44. The highest BCUT2D eigenvalue weighted by molar-refractivity contribution is 7.32. The molecule has 1 rings (SSSR count). The molecule has 0 saturated carbocycles. The summed E-state index contributed by atoms with van der Waals surface area (Å²) >= 11 is 0. The second-order valence-corrected chi connectivity index (χ2v) is 5.29. The van der Waals surface area contributed by atoms with E-state index in [0.29, 0.717) is 12.0 Å². The second kappa shape index (κ2) is 8.11. The highest BCUT2D eigenvalue weighted by Gasteiger charge is 2.22. The van der Waals surface area contributed by atoms with Gasteiger partial charge in [0.2, 0.25) is 0 Å². The summed E-state index contributed by atoms with van der Waals surface area (Å²) in [6, 6.07) is 3.25. The maximum Gasteiger partial charge on any atom is 0.316 e. The minimum atomic E-state index is -2.99. The van der Waals surface area contributed by atoms with Gasteiger partial charge in [0.25, 0.3) is 5.91 Å². The Labute approximate surface area is 117 Å². The van der Waals surface area contributed by atoms with Crippen LogP contribution in [-0.4, -0.2) is 28.6 Å². The molecule has 7 nitrogen and oxygen atoms in total. The summed E-state index contributed by atoms with van der Waals surface area (Å²) in [6.45, 7) is 2.12. The fourth-order valence-electron chi connectivity index (χ4n) is 1.83. The molecule has 1 aromatic heterocycles. The summed E-state index contributed by atoms with van der Waals surface area (Å²) < 4.78 is 16.9. The Kier molecular flexibility index (Phi) is 6.81. The van der Waals surface area contributed by atoms with E-state index in [1.807, 2.05) is 6.92 Å². The third kappa shape index (κ3) is 5.38. The molecule has 1 heterocycles. The van der Waals surface area contributed by atoms with Crippen molar-refractivity contribution in [3.8, 4) is 0 Å². The summed E-state index contributed by atoms with van der Waals surface area (Å²) in [4.78, 5) is 19.7. The van der Waals surface area contributed by atoms with Crippen molar-refractivity contribution in [1.29, 1.82) is 0 Å². The summed E-state index contributed by atoms with van der Waals surface area (Å²) in [5.41, 5.74) is 5.54. The van der Waals surface area contributed by atoms with Crippen molar-refractivity contribution < 1.29 is 28.5 Å². The number of pyridine rings is 1. The van der Waals surface area contributed by atoms with Crippen LogP contribution in [0.25, 0.3) is 0 Å². The Morgan fingerprint density at radius 1 is 1.60 bits per heavy atom. The van der Waals surface area contributed by atoms with Crippen molar-refractivity contribution in [2.45, 2.75) is 26.0 Å². The van der Waals surface area contributed by atoms with E-state index in [4.69, 9.17) is 10.6 Å². The van der Waals surface area contributed by atoms with Gasteiger partial charge in [-0.05, 0) is 12.5 Å². The Morgan fingerprint density at radius 2 is 2.30 bits per heavy atom. The zero-order valence-electron chi connectivity index (χ0n) is 11.2. The molecule has 4 N–H and O–H groups in total. The van der Waals surface area contributed by atoms with E-state index < -0.39 is 20.3 Å². The van der Waals surface area contributed by atoms with E-state index in [1.54, 1.807) is 29.1 Å². The number of aromatic nitrogens is 1. The van der Waals surface area contributed by atoms with Gasteiger partial charge in [-0.3, -0.25) is 9.36 Å². The van der Waals surface area contributed by atoms with Gasteiger partial charge in [-0.1, -0.05) is 6.92 Å². The predicted molar refractivity (Wildman–Crippen MR) is 72.1 cm³/mol. The molecule has 0 radical (unpaired) electrons. The van der Waals surface area contributed by atoms with Gasteiger partial charge in [0.15, 0.2) is 18.9 Å². The number of nitrogens with zero attached hydrogens (tertiary/aromatic N) is 1. The van der Waals surface area contributed by atoms with Gasteiger partial charge in [0, 0.05) is 12.0 Å². The molecule has 20 heavy (non-hydrogen) atoms. The van der Waals surface area contributed by atoms with Gasteiger partial charge in [0.05, 0.1) is 6.61 Å². The van der Waals surface area contributed by atoms with Gasteiger partial charge < -0.3 is 20.3 Å². The molecule has 0 aliphatic rings. The van der Waals surface area contributed by atoms with Gasteiger partial charge >= 0.3 is 8.25 Å². The van der Waals surface area contributed by atoms with Crippen molar-refractivity contribution in [1.82, 2.24) is 0 Å². The van der Waals surface area contributed by atoms with E-state index in [9.17, 15) is 14.5 Å². The molecular weight excluding hydrogens is 283 g/mol. The van der Waals surface area contributed by atoms with Crippen molar-refractivity contribution in [3.05, 3.63) is 30.1 Å². The molecule has 0 aromatic carbocycles. The number of amides is 1. The number of aliphatic hydroxyl groups is 1. The first-order valence-corrected chi connectivity index (χ1v) is 7.53. The average Bonchev–Trinajstić information content (AvgIpc) is 2.39. The highest BCUT2D eigenvalue weighted by atomic mass is 31.1. The second-order valence-electron chi connectivity index (χ2n) is 4.47. The lowest BCUT2D eigenvalue weighted by atomic mass is 10.0. The molecule has 8 heteroatoms. The van der Waals surface area contributed by atoms with Crippen molar-refractivity contribution in [2.24, 2.45) is 11.7 Å².